The highest BCUT2D eigenvalue weighted by molar-refractivity contribution is 7.13. The van der Waals surface area contributed by atoms with Gasteiger partial charge in [0.15, 0.2) is 5.82 Å². The number of halogens is 2. The first kappa shape index (κ1) is 12.5. The highest BCUT2D eigenvalue weighted by atomic mass is 35.5. The average Bonchev–Trinajstić information content (AvgIpc) is 2.88. The Kier molecular flexibility index (Phi) is 3.21. The third-order valence-electron chi connectivity index (χ3n) is 2.96. The minimum absolute atomic E-state index is 0.271. The van der Waals surface area contributed by atoms with Gasteiger partial charge in [-0.1, -0.05) is 24.6 Å². The molecule has 0 N–H and O–H groups in total. The van der Waals surface area contributed by atoms with Crippen molar-refractivity contribution in [3.8, 4) is 10.7 Å². The van der Waals surface area contributed by atoms with E-state index in [1.54, 1.807) is 23.5 Å². The number of para-hydroxylation sites is 1. The van der Waals surface area contributed by atoms with Crippen LogP contribution in [-0.2, 0) is 6.42 Å². The molecule has 19 heavy (non-hydrogen) atoms. The summed E-state index contributed by atoms with van der Waals surface area (Å²) in [6, 6.07) is 6.74. The molecule has 0 aliphatic carbocycles. The predicted octanol–water partition coefficient (Wildman–Crippen LogP) is 4.71. The summed E-state index contributed by atoms with van der Waals surface area (Å²) in [6.45, 7) is 2.06. The predicted molar refractivity (Wildman–Crippen MR) is 77.2 cm³/mol. The van der Waals surface area contributed by atoms with Crippen LogP contribution < -0.4 is 0 Å². The van der Waals surface area contributed by atoms with E-state index < -0.39 is 0 Å². The number of benzene rings is 1. The van der Waals surface area contributed by atoms with Crippen LogP contribution in [0.2, 0.25) is 5.15 Å². The van der Waals surface area contributed by atoms with E-state index in [2.05, 4.69) is 16.9 Å². The molecule has 0 amide bonds. The highest BCUT2D eigenvalue weighted by Crippen LogP contribution is 2.31. The summed E-state index contributed by atoms with van der Waals surface area (Å²) in [5.74, 6) is 0.118. The van der Waals surface area contributed by atoms with Crippen LogP contribution in [0.25, 0.3) is 21.6 Å². The maximum Gasteiger partial charge on any atom is 0.171 e. The standard InChI is InChI=1S/C14H10ClFN2S/c1-2-8-6-7-19-12(8)14-17-11-9(13(15)18-14)4-3-5-10(11)16/h3-7H,2H2,1H3. The molecule has 5 heteroatoms. The van der Waals surface area contributed by atoms with Crippen molar-refractivity contribution in [3.63, 3.8) is 0 Å². The highest BCUT2D eigenvalue weighted by Gasteiger charge is 2.14. The summed E-state index contributed by atoms with van der Waals surface area (Å²) in [4.78, 5) is 9.57. The molecule has 3 aromatic rings. The molecule has 0 saturated heterocycles. The van der Waals surface area contributed by atoms with Crippen molar-refractivity contribution in [2.75, 3.05) is 0 Å². The normalized spacial score (nSPS) is 11.1. The van der Waals surface area contributed by atoms with Gasteiger partial charge in [-0.2, -0.15) is 0 Å². The lowest BCUT2D eigenvalue weighted by molar-refractivity contribution is 0.636. The number of aromatic nitrogens is 2. The molecule has 0 spiro atoms. The van der Waals surface area contributed by atoms with Gasteiger partial charge in [0.2, 0.25) is 0 Å². The molecule has 2 heterocycles. The SMILES string of the molecule is CCc1ccsc1-c1nc(Cl)c2cccc(F)c2n1. The van der Waals surface area contributed by atoms with Crippen LogP contribution >= 0.6 is 22.9 Å². The fourth-order valence-electron chi connectivity index (χ4n) is 1.99. The van der Waals surface area contributed by atoms with E-state index in [-0.39, 0.29) is 16.5 Å². The molecule has 2 aromatic heterocycles. The van der Waals surface area contributed by atoms with Crippen LogP contribution in [-0.4, -0.2) is 9.97 Å². The summed E-state index contributed by atoms with van der Waals surface area (Å²) in [6.07, 6.45) is 0.884. The second-order valence-electron chi connectivity index (χ2n) is 4.10. The number of rotatable bonds is 2. The lowest BCUT2D eigenvalue weighted by Gasteiger charge is -2.05. The zero-order valence-corrected chi connectivity index (χ0v) is 11.7. The van der Waals surface area contributed by atoms with Gasteiger partial charge < -0.3 is 0 Å². The van der Waals surface area contributed by atoms with Gasteiger partial charge in [-0.15, -0.1) is 11.3 Å². The molecule has 0 fully saturated rings. The zero-order valence-electron chi connectivity index (χ0n) is 10.2. The summed E-state index contributed by atoms with van der Waals surface area (Å²) >= 11 is 7.68. The maximum absolute atomic E-state index is 13.8. The number of thiophene rings is 1. The topological polar surface area (TPSA) is 25.8 Å². The Morgan fingerprint density at radius 3 is 2.89 bits per heavy atom. The fourth-order valence-corrected chi connectivity index (χ4v) is 3.15. The molecule has 1 aromatic carbocycles. The van der Waals surface area contributed by atoms with Crippen molar-refractivity contribution in [3.05, 3.63) is 46.2 Å². The van der Waals surface area contributed by atoms with Gasteiger partial charge in [-0.3, -0.25) is 0 Å². The maximum atomic E-state index is 13.8. The van der Waals surface area contributed by atoms with Gasteiger partial charge in [-0.25, -0.2) is 14.4 Å². The van der Waals surface area contributed by atoms with Crippen molar-refractivity contribution in [2.45, 2.75) is 13.3 Å². The van der Waals surface area contributed by atoms with Gasteiger partial charge in [0, 0.05) is 5.39 Å². The van der Waals surface area contributed by atoms with Crippen molar-refractivity contribution >= 4 is 33.8 Å². The Hall–Kier alpha value is -1.52. The van der Waals surface area contributed by atoms with E-state index in [1.807, 2.05) is 11.4 Å². The second kappa shape index (κ2) is 4.87. The third kappa shape index (κ3) is 2.11. The van der Waals surface area contributed by atoms with Crippen LogP contribution in [0.5, 0.6) is 0 Å². The average molecular weight is 293 g/mol. The van der Waals surface area contributed by atoms with Crippen LogP contribution in [0.15, 0.2) is 29.6 Å². The molecule has 0 aliphatic rings. The molecule has 0 unspecified atom stereocenters. The van der Waals surface area contributed by atoms with E-state index >= 15 is 0 Å². The lowest BCUT2D eigenvalue weighted by atomic mass is 10.2. The monoisotopic (exact) mass is 292 g/mol. The van der Waals surface area contributed by atoms with Crippen LogP contribution in [0.4, 0.5) is 4.39 Å². The quantitative estimate of drug-likeness (QED) is 0.639. The summed E-state index contributed by atoms with van der Waals surface area (Å²) < 4.78 is 13.8. The molecule has 0 bridgehead atoms. The van der Waals surface area contributed by atoms with Gasteiger partial charge >= 0.3 is 0 Å². The van der Waals surface area contributed by atoms with E-state index in [9.17, 15) is 4.39 Å². The van der Waals surface area contributed by atoms with E-state index in [1.165, 1.54) is 6.07 Å². The van der Waals surface area contributed by atoms with E-state index in [0.29, 0.717) is 11.2 Å². The van der Waals surface area contributed by atoms with Crippen molar-refractivity contribution in [2.24, 2.45) is 0 Å². The first-order valence-electron chi connectivity index (χ1n) is 5.89. The third-order valence-corrected chi connectivity index (χ3v) is 4.20. The van der Waals surface area contributed by atoms with Crippen molar-refractivity contribution in [1.82, 2.24) is 9.97 Å². The number of hydrogen-bond donors (Lipinski definition) is 0. The molecule has 96 valence electrons. The van der Waals surface area contributed by atoms with Crippen LogP contribution in [0.3, 0.4) is 0 Å². The van der Waals surface area contributed by atoms with E-state index in [4.69, 9.17) is 11.6 Å². The molecule has 0 saturated carbocycles. The lowest BCUT2D eigenvalue weighted by Crippen LogP contribution is -1.94. The van der Waals surface area contributed by atoms with Gasteiger partial charge in [0.1, 0.15) is 16.5 Å². The number of hydrogen-bond acceptors (Lipinski definition) is 3. The minimum atomic E-state index is -0.377. The summed E-state index contributed by atoms with van der Waals surface area (Å²) in [5, 5.41) is 2.81. The Bertz CT molecular complexity index is 754. The Labute approximate surface area is 118 Å². The molecule has 0 aliphatic heterocycles. The number of nitrogens with zero attached hydrogens (tertiary/aromatic N) is 2. The Morgan fingerprint density at radius 2 is 2.11 bits per heavy atom. The fraction of sp³-hybridized carbons (Fsp3) is 0.143. The number of fused-ring (bicyclic) bond motifs is 1. The first-order chi connectivity index (χ1) is 9.20. The molecule has 3 rings (SSSR count). The molecule has 2 nitrogen and oxygen atoms in total. The van der Waals surface area contributed by atoms with E-state index in [0.717, 1.165) is 16.9 Å². The summed E-state index contributed by atoms with van der Waals surface area (Å²) in [5.41, 5.74) is 1.42. The van der Waals surface area contributed by atoms with Crippen molar-refractivity contribution in [1.29, 1.82) is 0 Å². The largest absolute Gasteiger partial charge is 0.224 e. The van der Waals surface area contributed by atoms with Gasteiger partial charge in [0.05, 0.1) is 4.88 Å². The molecular formula is C14H10ClFN2S. The summed E-state index contributed by atoms with van der Waals surface area (Å²) in [7, 11) is 0. The number of aryl methyl sites for hydroxylation is 1. The van der Waals surface area contributed by atoms with Crippen LogP contribution in [0.1, 0.15) is 12.5 Å². The van der Waals surface area contributed by atoms with Gasteiger partial charge in [0.25, 0.3) is 0 Å². The smallest absolute Gasteiger partial charge is 0.171 e. The molecule has 0 atom stereocenters. The Morgan fingerprint density at radius 1 is 1.26 bits per heavy atom. The molecular weight excluding hydrogens is 283 g/mol. The molecule has 0 radical (unpaired) electrons. The zero-order chi connectivity index (χ0) is 13.4. The van der Waals surface area contributed by atoms with Crippen molar-refractivity contribution < 1.29 is 4.39 Å². The Balaban J connectivity index is 2.29. The second-order valence-corrected chi connectivity index (χ2v) is 5.38. The van der Waals surface area contributed by atoms with Crippen LogP contribution in [0, 0.1) is 5.82 Å². The minimum Gasteiger partial charge on any atom is -0.224 e. The first-order valence-corrected chi connectivity index (χ1v) is 7.15. The van der Waals surface area contributed by atoms with Gasteiger partial charge in [-0.05, 0) is 35.6 Å².